The molecule has 0 bridgehead atoms. The van der Waals surface area contributed by atoms with Crippen molar-refractivity contribution in [2.45, 2.75) is 58.2 Å². The molecule has 37 heavy (non-hydrogen) atoms. The lowest BCUT2D eigenvalue weighted by Gasteiger charge is -2.41. The minimum atomic E-state index is -4.66. The molecule has 204 valence electrons. The van der Waals surface area contributed by atoms with Gasteiger partial charge in [0, 0.05) is 37.2 Å². The van der Waals surface area contributed by atoms with Crippen LogP contribution in [-0.2, 0) is 15.7 Å². The Labute approximate surface area is 217 Å². The molecule has 1 unspecified atom stereocenters. The van der Waals surface area contributed by atoms with Crippen LogP contribution >= 0.6 is 11.5 Å². The number of likely N-dealkylation sites (tertiary alicyclic amines) is 1. The number of ether oxygens (including phenoxy) is 1. The molecule has 1 fully saturated rings. The molecule has 2 N–H and O–H groups in total. The molecule has 2 aromatic rings. The lowest BCUT2D eigenvalue weighted by Crippen LogP contribution is -2.48. The van der Waals surface area contributed by atoms with Crippen LogP contribution in [0.2, 0.25) is 0 Å². The highest BCUT2D eigenvalue weighted by molar-refractivity contribution is 7.09. The molecular formula is C24H32F3N5O4S. The van der Waals surface area contributed by atoms with Gasteiger partial charge >= 0.3 is 18.2 Å². The highest BCUT2D eigenvalue weighted by atomic mass is 32.1. The Balaban J connectivity index is 1.98. The van der Waals surface area contributed by atoms with E-state index in [0.717, 1.165) is 11.3 Å². The van der Waals surface area contributed by atoms with Crippen molar-refractivity contribution in [3.63, 3.8) is 0 Å². The van der Waals surface area contributed by atoms with Gasteiger partial charge in [0.15, 0.2) is 0 Å². The largest absolute Gasteiger partial charge is 0.481 e. The van der Waals surface area contributed by atoms with Gasteiger partial charge in [-0.15, -0.1) is 0 Å². The number of carboxylic acids is 1. The van der Waals surface area contributed by atoms with E-state index < -0.39 is 18.0 Å². The topological polar surface area (TPSA) is 108 Å². The van der Waals surface area contributed by atoms with Crippen LogP contribution in [0.3, 0.4) is 0 Å². The molecule has 2 heterocycles. The van der Waals surface area contributed by atoms with Crippen LogP contribution in [0.1, 0.15) is 57.3 Å². The molecule has 1 aliphatic rings. The summed E-state index contributed by atoms with van der Waals surface area (Å²) in [6.45, 7) is 7.65. The number of piperidine rings is 1. The van der Waals surface area contributed by atoms with Crippen LogP contribution in [0, 0.1) is 5.92 Å². The first kappa shape index (κ1) is 28.5. The van der Waals surface area contributed by atoms with Gasteiger partial charge < -0.3 is 25.0 Å². The van der Waals surface area contributed by atoms with Gasteiger partial charge in [-0.05, 0) is 42.4 Å². The average molecular weight is 544 g/mol. The monoisotopic (exact) mass is 543 g/mol. The molecular weight excluding hydrogens is 511 g/mol. The summed E-state index contributed by atoms with van der Waals surface area (Å²) >= 11 is 0.609. The van der Waals surface area contributed by atoms with Gasteiger partial charge in [-0.2, -0.15) is 22.5 Å². The molecule has 1 atom stereocenters. The fraction of sp³-hybridized carbons (Fsp3) is 0.583. The Bertz CT molecular complexity index is 1090. The summed E-state index contributed by atoms with van der Waals surface area (Å²) in [6.07, 6.45) is -3.73. The predicted octanol–water partition coefficient (Wildman–Crippen LogP) is 5.57. The summed E-state index contributed by atoms with van der Waals surface area (Å²) in [5, 5.41) is 12.2. The van der Waals surface area contributed by atoms with Gasteiger partial charge in [-0.3, -0.25) is 4.79 Å². The van der Waals surface area contributed by atoms with Crippen molar-refractivity contribution in [3.8, 4) is 0 Å². The third-order valence-electron chi connectivity index (χ3n) is 6.20. The van der Waals surface area contributed by atoms with Crippen molar-refractivity contribution in [1.82, 2.24) is 14.3 Å². The molecule has 0 saturated carbocycles. The standard InChI is InChI=1S/C24H32F3N5O4S/c1-14(2)13-32(17-7-9-31(10-8-17)23(35)36-4)19-6-5-16(15(3)11-20(33)34)12-18(19)28-22-29-21(30-37-22)24(25,26)27/h5-6,12,14-15,17H,7-11,13H2,1-4H3,(H,33,34)(H,28,29,30). The molecule has 0 aliphatic carbocycles. The zero-order valence-corrected chi connectivity index (χ0v) is 22.0. The summed E-state index contributed by atoms with van der Waals surface area (Å²) < 4.78 is 47.5. The number of nitrogens with one attached hydrogen (secondary N) is 1. The first-order valence-corrected chi connectivity index (χ1v) is 12.8. The molecule has 9 nitrogen and oxygen atoms in total. The van der Waals surface area contributed by atoms with Gasteiger partial charge in [0.25, 0.3) is 0 Å². The maximum Gasteiger partial charge on any atom is 0.452 e. The van der Waals surface area contributed by atoms with Crippen molar-refractivity contribution < 1.29 is 32.6 Å². The number of amides is 1. The van der Waals surface area contributed by atoms with E-state index in [9.17, 15) is 27.9 Å². The number of methoxy groups -OCH3 is 1. The van der Waals surface area contributed by atoms with Crippen LogP contribution in [0.15, 0.2) is 18.2 Å². The van der Waals surface area contributed by atoms with Crippen molar-refractivity contribution in [2.24, 2.45) is 5.92 Å². The SMILES string of the molecule is COC(=O)N1CCC(N(CC(C)C)c2ccc(C(C)CC(=O)O)cc2Nc2nc(C(F)(F)F)ns2)CC1. The number of carboxylic acid groups (broad SMARTS) is 1. The summed E-state index contributed by atoms with van der Waals surface area (Å²) in [7, 11) is 1.35. The second-order valence-corrected chi connectivity index (χ2v) is 10.3. The van der Waals surface area contributed by atoms with Gasteiger partial charge in [-0.25, -0.2) is 4.79 Å². The third-order valence-corrected chi connectivity index (χ3v) is 6.83. The molecule has 1 amide bonds. The number of hydrogen-bond acceptors (Lipinski definition) is 8. The van der Waals surface area contributed by atoms with E-state index in [4.69, 9.17) is 4.74 Å². The normalized spacial score (nSPS) is 15.5. The number of aliphatic carboxylic acids is 1. The number of benzene rings is 1. The second-order valence-electron chi connectivity index (χ2n) is 9.56. The number of carbonyl (C=O) groups is 2. The minimum Gasteiger partial charge on any atom is -0.481 e. The van der Waals surface area contributed by atoms with Gasteiger partial charge in [0.2, 0.25) is 11.0 Å². The number of carbonyl (C=O) groups excluding carboxylic acids is 1. The van der Waals surface area contributed by atoms with Gasteiger partial charge in [-0.1, -0.05) is 26.8 Å². The van der Waals surface area contributed by atoms with Crippen LogP contribution in [0.25, 0.3) is 0 Å². The van der Waals surface area contributed by atoms with Gasteiger partial charge in [0.1, 0.15) is 0 Å². The number of hydrogen-bond donors (Lipinski definition) is 2. The lowest BCUT2D eigenvalue weighted by molar-refractivity contribution is -0.144. The fourth-order valence-corrected chi connectivity index (χ4v) is 5.02. The molecule has 13 heteroatoms. The first-order valence-electron chi connectivity index (χ1n) is 12.0. The van der Waals surface area contributed by atoms with Crippen LogP contribution < -0.4 is 10.2 Å². The maximum atomic E-state index is 13.1. The molecule has 1 aliphatic heterocycles. The fourth-order valence-electron chi connectivity index (χ4n) is 4.42. The van der Waals surface area contributed by atoms with Gasteiger partial charge in [0.05, 0.1) is 24.9 Å². The van der Waals surface area contributed by atoms with E-state index in [1.54, 1.807) is 17.9 Å². The summed E-state index contributed by atoms with van der Waals surface area (Å²) in [5.74, 6) is -2.19. The number of nitrogens with zero attached hydrogens (tertiary/aromatic N) is 4. The smallest absolute Gasteiger partial charge is 0.452 e. The zero-order valence-electron chi connectivity index (χ0n) is 21.2. The highest BCUT2D eigenvalue weighted by Crippen LogP contribution is 2.37. The minimum absolute atomic E-state index is 0.0124. The number of aromatic nitrogens is 2. The van der Waals surface area contributed by atoms with Crippen LogP contribution in [0.5, 0.6) is 0 Å². The summed E-state index contributed by atoms with van der Waals surface area (Å²) in [5.41, 5.74) is 2.02. The van der Waals surface area contributed by atoms with Crippen LogP contribution in [-0.4, -0.2) is 64.2 Å². The molecule has 0 spiro atoms. The Morgan fingerprint density at radius 1 is 1.27 bits per heavy atom. The number of halogens is 3. The molecule has 0 radical (unpaired) electrons. The highest BCUT2D eigenvalue weighted by Gasteiger charge is 2.36. The predicted molar refractivity (Wildman–Crippen MR) is 134 cm³/mol. The second kappa shape index (κ2) is 12.0. The van der Waals surface area contributed by atoms with E-state index in [0.29, 0.717) is 49.7 Å². The quantitative estimate of drug-likeness (QED) is 0.423. The average Bonchev–Trinajstić information content (AvgIpc) is 3.31. The van der Waals surface area contributed by atoms with Crippen molar-refractivity contribution in [3.05, 3.63) is 29.6 Å². The van der Waals surface area contributed by atoms with E-state index in [-0.39, 0.29) is 35.5 Å². The van der Waals surface area contributed by atoms with Crippen LogP contribution in [0.4, 0.5) is 34.5 Å². The number of anilines is 3. The first-order chi connectivity index (χ1) is 17.4. The zero-order chi connectivity index (χ0) is 27.3. The van der Waals surface area contributed by atoms with E-state index in [1.807, 2.05) is 12.1 Å². The molecule has 3 rings (SSSR count). The number of rotatable bonds is 9. The van der Waals surface area contributed by atoms with E-state index >= 15 is 0 Å². The summed E-state index contributed by atoms with van der Waals surface area (Å²) in [4.78, 5) is 30.7. The van der Waals surface area contributed by atoms with E-state index in [1.165, 1.54) is 7.11 Å². The number of alkyl halides is 3. The Kier molecular flexibility index (Phi) is 9.21. The Morgan fingerprint density at radius 3 is 2.49 bits per heavy atom. The lowest BCUT2D eigenvalue weighted by atomic mass is 9.95. The molecule has 1 saturated heterocycles. The van der Waals surface area contributed by atoms with Crippen molar-refractivity contribution in [2.75, 3.05) is 37.0 Å². The van der Waals surface area contributed by atoms with Crippen molar-refractivity contribution >= 4 is 40.1 Å². The third kappa shape index (κ3) is 7.46. The Hall–Kier alpha value is -3.09. The van der Waals surface area contributed by atoms with E-state index in [2.05, 4.69) is 33.4 Å². The van der Waals surface area contributed by atoms with Crippen molar-refractivity contribution in [1.29, 1.82) is 0 Å². The summed E-state index contributed by atoms with van der Waals surface area (Å²) in [6, 6.07) is 5.57. The molecule has 1 aromatic carbocycles. The molecule has 1 aromatic heterocycles. The maximum absolute atomic E-state index is 13.1. The Morgan fingerprint density at radius 2 is 1.95 bits per heavy atom.